The molecule has 6 heteroatoms. The Morgan fingerprint density at radius 1 is 1.00 bits per heavy atom. The molecule has 0 aliphatic heterocycles. The van der Waals surface area contributed by atoms with E-state index in [2.05, 4.69) is 10.3 Å². The van der Waals surface area contributed by atoms with E-state index >= 15 is 0 Å². The van der Waals surface area contributed by atoms with Gasteiger partial charge < -0.3 is 0 Å². The first-order valence-electron chi connectivity index (χ1n) is 7.63. The summed E-state index contributed by atoms with van der Waals surface area (Å²) < 4.78 is 1.49. The topological polar surface area (TPSA) is 68.7 Å². The molecule has 0 aliphatic carbocycles. The molecule has 1 aromatic heterocycles. The average molecular weight is 321 g/mol. The Kier molecular flexibility index (Phi) is 4.56. The van der Waals surface area contributed by atoms with Crippen molar-refractivity contribution in [2.75, 3.05) is 0 Å². The lowest BCUT2D eigenvalue weighted by atomic mass is 10.1. The van der Waals surface area contributed by atoms with E-state index in [0.717, 1.165) is 5.69 Å². The van der Waals surface area contributed by atoms with E-state index in [-0.39, 0.29) is 24.5 Å². The van der Waals surface area contributed by atoms with Crippen molar-refractivity contribution in [1.82, 2.24) is 15.1 Å². The van der Waals surface area contributed by atoms with Crippen molar-refractivity contribution in [1.29, 1.82) is 0 Å². The summed E-state index contributed by atoms with van der Waals surface area (Å²) in [5.74, 6) is 0.358. The van der Waals surface area contributed by atoms with Gasteiger partial charge in [0.15, 0.2) is 18.0 Å². The summed E-state index contributed by atoms with van der Waals surface area (Å²) in [4.78, 5) is 25.3. The summed E-state index contributed by atoms with van der Waals surface area (Å²) in [5.41, 5.74) is 1.38. The van der Waals surface area contributed by atoms with Crippen LogP contribution in [0.4, 0.5) is 0 Å². The van der Waals surface area contributed by atoms with Crippen LogP contribution in [0.25, 0.3) is 5.69 Å². The summed E-state index contributed by atoms with van der Waals surface area (Å²) in [5, 5.41) is 8.71. The van der Waals surface area contributed by atoms with Crippen LogP contribution in [-0.2, 0) is 17.8 Å². The number of para-hydroxylation sites is 1. The molecule has 3 rings (SSSR count). The summed E-state index contributed by atoms with van der Waals surface area (Å²) >= 11 is 0. The maximum atomic E-state index is 12.4. The second kappa shape index (κ2) is 6.95. The van der Waals surface area contributed by atoms with Crippen molar-refractivity contribution in [3.8, 4) is 5.69 Å². The van der Waals surface area contributed by atoms with Gasteiger partial charge in [0, 0.05) is 10.4 Å². The zero-order chi connectivity index (χ0) is 16.9. The van der Waals surface area contributed by atoms with Crippen molar-refractivity contribution in [3.63, 3.8) is 0 Å². The number of rotatable bonds is 6. The third-order valence-electron chi connectivity index (χ3n) is 3.48. The fourth-order valence-electron chi connectivity index (χ4n) is 2.33. The highest BCUT2D eigenvalue weighted by molar-refractivity contribution is 5.94. The molecule has 0 unspecified atom stereocenters. The van der Waals surface area contributed by atoms with Crippen molar-refractivity contribution in [3.05, 3.63) is 72.1 Å². The Labute approximate surface area is 139 Å². The zero-order valence-corrected chi connectivity index (χ0v) is 13.3. The maximum Gasteiger partial charge on any atom is 0.306 e. The molecule has 0 fully saturated rings. The molecule has 24 heavy (non-hydrogen) atoms. The number of hydrogen-bond donors (Lipinski definition) is 0. The van der Waals surface area contributed by atoms with Gasteiger partial charge in [-0.05, 0) is 19.1 Å². The molecule has 0 bridgehead atoms. The van der Waals surface area contributed by atoms with Gasteiger partial charge >= 0.3 is 5.82 Å². The lowest BCUT2D eigenvalue weighted by Crippen LogP contribution is -2.44. The highest BCUT2D eigenvalue weighted by atomic mass is 16.1. The average Bonchev–Trinajstić information content (AvgIpc) is 2.98. The van der Waals surface area contributed by atoms with E-state index in [1.54, 1.807) is 12.1 Å². The molecule has 0 saturated carbocycles. The van der Waals surface area contributed by atoms with Crippen LogP contribution < -0.4 is 4.68 Å². The van der Waals surface area contributed by atoms with E-state index in [0.29, 0.717) is 11.4 Å². The molecule has 1 heterocycles. The van der Waals surface area contributed by atoms with Crippen molar-refractivity contribution >= 4 is 11.6 Å². The number of Topliss-reactive ketones (excluding diaryl/α,β-unsaturated/α-hetero) is 2. The molecule has 0 N–H and O–H groups in total. The van der Waals surface area contributed by atoms with Crippen LogP contribution in [0.5, 0.6) is 0 Å². The summed E-state index contributed by atoms with van der Waals surface area (Å²) in [6, 6.07) is 18.4. The number of tetrazole rings is 1. The number of ketones is 2. The first-order valence-corrected chi connectivity index (χ1v) is 7.63. The Morgan fingerprint density at radius 3 is 2.25 bits per heavy atom. The van der Waals surface area contributed by atoms with Gasteiger partial charge in [-0.15, -0.1) is 4.68 Å². The van der Waals surface area contributed by atoms with Crippen LogP contribution >= 0.6 is 0 Å². The largest absolute Gasteiger partial charge is 0.306 e. The Bertz CT molecular complexity index is 857. The van der Waals surface area contributed by atoms with Crippen LogP contribution in [0, 0.1) is 0 Å². The fourth-order valence-corrected chi connectivity index (χ4v) is 2.33. The number of carbonyl (C=O) groups is 2. The number of carbonyl (C=O) groups excluding carboxylic acids is 2. The van der Waals surface area contributed by atoms with Gasteiger partial charge in [-0.1, -0.05) is 48.5 Å². The van der Waals surface area contributed by atoms with E-state index in [9.17, 15) is 9.59 Å². The second-order valence-corrected chi connectivity index (χ2v) is 5.46. The van der Waals surface area contributed by atoms with Crippen LogP contribution in [0.2, 0.25) is 0 Å². The lowest BCUT2D eigenvalue weighted by molar-refractivity contribution is -0.749. The predicted octanol–water partition coefficient (Wildman–Crippen LogP) is 1.57. The summed E-state index contributed by atoms with van der Waals surface area (Å²) in [6.45, 7) is 1.53. The molecular weight excluding hydrogens is 304 g/mol. The van der Waals surface area contributed by atoms with Crippen LogP contribution in [0.3, 0.4) is 0 Å². The van der Waals surface area contributed by atoms with Gasteiger partial charge in [-0.3, -0.25) is 9.59 Å². The van der Waals surface area contributed by atoms with Crippen LogP contribution in [0.15, 0.2) is 60.7 Å². The van der Waals surface area contributed by atoms with Gasteiger partial charge in [0.05, 0.1) is 10.3 Å². The van der Waals surface area contributed by atoms with Gasteiger partial charge in [0.25, 0.3) is 0 Å². The molecule has 0 atom stereocenters. The van der Waals surface area contributed by atoms with Crippen molar-refractivity contribution < 1.29 is 14.3 Å². The van der Waals surface area contributed by atoms with Crippen molar-refractivity contribution in [2.24, 2.45) is 0 Å². The highest BCUT2D eigenvalue weighted by Crippen LogP contribution is 2.04. The Hall–Kier alpha value is -3.15. The molecular formula is C18H17N4O2+. The van der Waals surface area contributed by atoms with E-state index < -0.39 is 0 Å². The standard InChI is InChI=1S/C18H17N4O2/c1-14(23)12-18-19-22(16-10-6-3-7-11-16)20-21(18)13-17(24)15-8-4-2-5-9-15/h2-11H,12-13H2,1H3/q+1. The smallest absolute Gasteiger partial charge is 0.299 e. The number of aromatic nitrogens is 4. The molecule has 120 valence electrons. The highest BCUT2D eigenvalue weighted by Gasteiger charge is 2.24. The molecule has 3 aromatic rings. The Balaban J connectivity index is 1.92. The third kappa shape index (κ3) is 3.60. The predicted molar refractivity (Wildman–Crippen MR) is 86.7 cm³/mol. The minimum atomic E-state index is -0.0782. The molecule has 6 nitrogen and oxygen atoms in total. The minimum absolute atomic E-state index is 0.0315. The zero-order valence-electron chi connectivity index (χ0n) is 13.3. The molecule has 0 saturated heterocycles. The van der Waals surface area contributed by atoms with Gasteiger partial charge in [0.1, 0.15) is 12.2 Å². The SMILES string of the molecule is CC(=O)Cc1nn(-c2ccccc2)n[n+]1CC(=O)c1ccccc1. The summed E-state index contributed by atoms with van der Waals surface area (Å²) in [6.07, 6.45) is 0.134. The monoisotopic (exact) mass is 321 g/mol. The van der Waals surface area contributed by atoms with Crippen LogP contribution in [-0.4, -0.2) is 26.7 Å². The van der Waals surface area contributed by atoms with E-state index in [1.165, 1.54) is 16.4 Å². The number of nitrogens with zero attached hydrogens (tertiary/aromatic N) is 4. The second-order valence-electron chi connectivity index (χ2n) is 5.46. The molecule has 2 aromatic carbocycles. The van der Waals surface area contributed by atoms with Gasteiger partial charge in [0.2, 0.25) is 0 Å². The Morgan fingerprint density at radius 2 is 1.62 bits per heavy atom. The van der Waals surface area contributed by atoms with E-state index in [1.807, 2.05) is 48.5 Å². The fraction of sp³-hybridized carbons (Fsp3) is 0.167. The first-order chi connectivity index (χ1) is 11.6. The minimum Gasteiger partial charge on any atom is -0.299 e. The van der Waals surface area contributed by atoms with E-state index in [4.69, 9.17) is 0 Å². The number of hydrogen-bond acceptors (Lipinski definition) is 4. The van der Waals surface area contributed by atoms with Gasteiger partial charge in [-0.25, -0.2) is 0 Å². The molecule has 0 spiro atoms. The normalized spacial score (nSPS) is 10.5. The molecule has 0 aliphatic rings. The first kappa shape index (κ1) is 15.7. The van der Waals surface area contributed by atoms with Gasteiger partial charge in [-0.2, -0.15) is 0 Å². The van der Waals surface area contributed by atoms with Crippen LogP contribution in [0.1, 0.15) is 23.1 Å². The van der Waals surface area contributed by atoms with Crippen molar-refractivity contribution in [2.45, 2.75) is 19.9 Å². The number of benzene rings is 2. The lowest BCUT2D eigenvalue weighted by Gasteiger charge is -1.98. The molecule has 0 radical (unpaired) electrons. The summed E-state index contributed by atoms with van der Waals surface area (Å²) in [7, 11) is 0. The maximum absolute atomic E-state index is 12.4. The molecule has 0 amide bonds. The quantitative estimate of drug-likeness (QED) is 0.510. The third-order valence-corrected chi connectivity index (χ3v) is 3.48.